The lowest BCUT2D eigenvalue weighted by Gasteiger charge is -1.85. The van der Waals surface area contributed by atoms with Gasteiger partial charge < -0.3 is 0 Å². The van der Waals surface area contributed by atoms with E-state index < -0.39 is 10.2 Å². The molecule has 1 fully saturated rings. The van der Waals surface area contributed by atoms with Crippen LogP contribution < -0.4 is 9.44 Å². The first kappa shape index (κ1) is 5.02. The molecule has 1 aliphatic heterocycles. The standard InChI is InChI=1S/C2H5N2O2S/c5-7(6)3-1-2-4-7/h1,3-4H,2H2. The molecule has 4 nitrogen and oxygen atoms in total. The average molecular weight is 121 g/mol. The first-order valence-electron chi connectivity index (χ1n) is 1.79. The van der Waals surface area contributed by atoms with Gasteiger partial charge in [0, 0.05) is 6.54 Å². The van der Waals surface area contributed by atoms with Gasteiger partial charge in [0.2, 0.25) is 0 Å². The Kier molecular flexibility index (Phi) is 1.02. The molecule has 1 heterocycles. The van der Waals surface area contributed by atoms with E-state index >= 15 is 0 Å². The monoisotopic (exact) mass is 121 g/mol. The van der Waals surface area contributed by atoms with Crippen molar-refractivity contribution in [3.05, 3.63) is 6.54 Å². The van der Waals surface area contributed by atoms with Crippen LogP contribution in [0.1, 0.15) is 0 Å². The van der Waals surface area contributed by atoms with Crippen molar-refractivity contribution < 1.29 is 8.42 Å². The van der Waals surface area contributed by atoms with E-state index in [-0.39, 0.29) is 0 Å². The molecule has 41 valence electrons. The van der Waals surface area contributed by atoms with E-state index in [0.717, 1.165) is 0 Å². The molecule has 0 bridgehead atoms. The van der Waals surface area contributed by atoms with Gasteiger partial charge in [0.15, 0.2) is 0 Å². The molecular formula is C2H5N2O2S. The van der Waals surface area contributed by atoms with Crippen LogP contribution in [0.2, 0.25) is 0 Å². The van der Waals surface area contributed by atoms with Gasteiger partial charge in [-0.1, -0.05) is 0 Å². The third-order valence-electron chi connectivity index (χ3n) is 0.614. The molecule has 0 aromatic heterocycles. The van der Waals surface area contributed by atoms with Crippen LogP contribution in [0, 0.1) is 6.54 Å². The van der Waals surface area contributed by atoms with E-state index in [1.807, 2.05) is 0 Å². The fourth-order valence-corrected chi connectivity index (χ4v) is 1.03. The molecule has 0 saturated carbocycles. The van der Waals surface area contributed by atoms with E-state index in [1.165, 1.54) is 6.54 Å². The Hall–Kier alpha value is -0.130. The van der Waals surface area contributed by atoms with Crippen molar-refractivity contribution in [3.8, 4) is 0 Å². The number of hydrogen-bond donors (Lipinski definition) is 2. The number of hydrogen-bond acceptors (Lipinski definition) is 2. The van der Waals surface area contributed by atoms with Crippen LogP contribution in [0.25, 0.3) is 0 Å². The van der Waals surface area contributed by atoms with Gasteiger partial charge in [-0.05, 0) is 0 Å². The van der Waals surface area contributed by atoms with Crippen LogP contribution in [-0.2, 0) is 10.2 Å². The molecule has 0 amide bonds. The zero-order valence-corrected chi connectivity index (χ0v) is 4.33. The molecule has 0 aromatic rings. The SMILES string of the molecule is O=S1(=O)N[CH]CN1. The predicted octanol–water partition coefficient (Wildman–Crippen LogP) is -1.41. The van der Waals surface area contributed by atoms with Crippen molar-refractivity contribution in [2.75, 3.05) is 6.54 Å². The minimum absolute atomic E-state index is 0.391. The maximum absolute atomic E-state index is 10.2. The fraction of sp³-hybridized carbons (Fsp3) is 0.500. The molecular weight excluding hydrogens is 116 g/mol. The molecule has 7 heavy (non-hydrogen) atoms. The van der Waals surface area contributed by atoms with Crippen molar-refractivity contribution in [3.63, 3.8) is 0 Å². The molecule has 1 aliphatic rings. The van der Waals surface area contributed by atoms with Crippen LogP contribution in [0.4, 0.5) is 0 Å². The van der Waals surface area contributed by atoms with Crippen molar-refractivity contribution in [2.24, 2.45) is 0 Å². The normalized spacial score (nSPS) is 28.0. The van der Waals surface area contributed by atoms with Gasteiger partial charge in [0.25, 0.3) is 10.2 Å². The first-order valence-corrected chi connectivity index (χ1v) is 3.28. The third kappa shape index (κ3) is 1.12. The molecule has 2 N–H and O–H groups in total. The summed E-state index contributed by atoms with van der Waals surface area (Å²) in [7, 11) is -3.10. The van der Waals surface area contributed by atoms with Crippen LogP contribution >= 0.6 is 0 Å². The Bertz CT molecular complexity index is 137. The smallest absolute Gasteiger partial charge is 0.201 e. The first-order chi connectivity index (χ1) is 3.21. The average Bonchev–Trinajstić information content (AvgIpc) is 1.84. The largest absolute Gasteiger partial charge is 0.277 e. The zero-order valence-electron chi connectivity index (χ0n) is 3.51. The van der Waals surface area contributed by atoms with Crippen molar-refractivity contribution in [1.82, 2.24) is 9.44 Å². The molecule has 5 heteroatoms. The Morgan fingerprint density at radius 2 is 2.29 bits per heavy atom. The lowest BCUT2D eigenvalue weighted by Crippen LogP contribution is -2.22. The summed E-state index contributed by atoms with van der Waals surface area (Å²) in [5.41, 5.74) is 0. The maximum atomic E-state index is 10.2. The highest BCUT2D eigenvalue weighted by molar-refractivity contribution is 7.87. The Morgan fingerprint density at radius 3 is 2.43 bits per heavy atom. The highest BCUT2D eigenvalue weighted by Gasteiger charge is 2.13. The van der Waals surface area contributed by atoms with Gasteiger partial charge in [-0.15, -0.1) is 0 Å². The minimum atomic E-state index is -3.10. The maximum Gasteiger partial charge on any atom is 0.277 e. The van der Waals surface area contributed by atoms with Crippen molar-refractivity contribution >= 4 is 10.2 Å². The molecule has 1 rings (SSSR count). The summed E-state index contributed by atoms with van der Waals surface area (Å²) in [4.78, 5) is 0. The molecule has 0 aromatic carbocycles. The minimum Gasteiger partial charge on any atom is -0.201 e. The third-order valence-corrected chi connectivity index (χ3v) is 1.64. The number of rotatable bonds is 0. The summed E-state index contributed by atoms with van der Waals surface area (Å²) in [6, 6.07) is 0. The Labute approximate surface area is 42.1 Å². The van der Waals surface area contributed by atoms with E-state index in [0.29, 0.717) is 6.54 Å². The summed E-state index contributed by atoms with van der Waals surface area (Å²) in [5.74, 6) is 0. The van der Waals surface area contributed by atoms with Gasteiger partial charge in [0.1, 0.15) is 0 Å². The van der Waals surface area contributed by atoms with E-state index in [4.69, 9.17) is 0 Å². The van der Waals surface area contributed by atoms with Gasteiger partial charge in [0.05, 0.1) is 6.54 Å². The predicted molar refractivity (Wildman–Crippen MR) is 24.4 cm³/mol. The fourth-order valence-electron chi connectivity index (χ4n) is 0.344. The number of nitrogens with one attached hydrogen (secondary N) is 2. The van der Waals surface area contributed by atoms with E-state index in [2.05, 4.69) is 9.44 Å². The summed E-state index contributed by atoms with van der Waals surface area (Å²) >= 11 is 0. The summed E-state index contributed by atoms with van der Waals surface area (Å²) in [5, 5.41) is 0. The van der Waals surface area contributed by atoms with E-state index in [9.17, 15) is 8.42 Å². The second kappa shape index (κ2) is 1.43. The lowest BCUT2D eigenvalue weighted by molar-refractivity contribution is 0.588. The second-order valence-electron chi connectivity index (χ2n) is 1.17. The quantitative estimate of drug-likeness (QED) is 0.413. The molecule has 0 atom stereocenters. The van der Waals surface area contributed by atoms with Crippen LogP contribution in [0.15, 0.2) is 0 Å². The summed E-state index contributed by atoms with van der Waals surface area (Å²) < 4.78 is 24.7. The summed E-state index contributed by atoms with van der Waals surface area (Å²) in [6.07, 6.45) is 0. The molecule has 0 aliphatic carbocycles. The molecule has 1 radical (unpaired) electrons. The zero-order chi connectivity index (χ0) is 5.33. The van der Waals surface area contributed by atoms with Crippen LogP contribution in [-0.4, -0.2) is 15.0 Å². The van der Waals surface area contributed by atoms with E-state index in [1.54, 1.807) is 0 Å². The Morgan fingerprint density at radius 1 is 1.57 bits per heavy atom. The highest BCUT2D eigenvalue weighted by atomic mass is 32.2. The van der Waals surface area contributed by atoms with Gasteiger partial charge in [-0.25, -0.2) is 4.72 Å². The van der Waals surface area contributed by atoms with Gasteiger partial charge in [-0.2, -0.15) is 13.1 Å². The molecule has 0 spiro atoms. The van der Waals surface area contributed by atoms with Gasteiger partial charge in [-0.3, -0.25) is 0 Å². The van der Waals surface area contributed by atoms with Crippen molar-refractivity contribution in [1.29, 1.82) is 0 Å². The van der Waals surface area contributed by atoms with Gasteiger partial charge >= 0.3 is 0 Å². The Balaban J connectivity index is 2.76. The lowest BCUT2D eigenvalue weighted by atomic mass is 10.7. The van der Waals surface area contributed by atoms with Crippen molar-refractivity contribution in [2.45, 2.75) is 0 Å². The molecule has 0 unspecified atom stereocenters. The second-order valence-corrected chi connectivity index (χ2v) is 2.71. The summed E-state index contributed by atoms with van der Waals surface area (Å²) in [6.45, 7) is 1.83. The van der Waals surface area contributed by atoms with Crippen LogP contribution in [0.3, 0.4) is 0 Å². The highest BCUT2D eigenvalue weighted by Crippen LogP contribution is 1.85. The van der Waals surface area contributed by atoms with Crippen LogP contribution in [0.5, 0.6) is 0 Å². The topological polar surface area (TPSA) is 58.2 Å². The molecule has 1 saturated heterocycles.